The Morgan fingerprint density at radius 3 is 2.44 bits per heavy atom. The number of nitrogens with one attached hydrogen (secondary N) is 1. The summed E-state index contributed by atoms with van der Waals surface area (Å²) >= 11 is 11.2. The van der Waals surface area contributed by atoms with Gasteiger partial charge in [-0.05, 0) is 23.7 Å². The van der Waals surface area contributed by atoms with E-state index in [1.165, 1.54) is 26.2 Å². The van der Waals surface area contributed by atoms with Crippen molar-refractivity contribution in [3.05, 3.63) is 22.7 Å². The van der Waals surface area contributed by atoms with Crippen molar-refractivity contribution in [2.45, 2.75) is 6.92 Å². The minimum atomic E-state index is -0.703. The van der Waals surface area contributed by atoms with Gasteiger partial charge in [-0.1, -0.05) is 11.6 Å². The monoisotopic (exact) mass is 261 g/mol. The molecule has 6 heteroatoms. The third-order valence-electron chi connectivity index (χ3n) is 1.78. The summed E-state index contributed by atoms with van der Waals surface area (Å²) in [5.41, 5.74) is 0.423. The molecule has 0 heterocycles. The molecule has 1 amide bonds. The van der Waals surface area contributed by atoms with E-state index in [0.29, 0.717) is 5.69 Å². The zero-order valence-electron chi connectivity index (χ0n) is 8.64. The van der Waals surface area contributed by atoms with Crippen LogP contribution in [0.5, 0.6) is 5.75 Å². The number of methoxy groups -OCH3 is 1. The first-order valence-electron chi connectivity index (χ1n) is 4.30. The molecule has 0 aromatic heterocycles. The highest BCUT2D eigenvalue weighted by Crippen LogP contribution is 2.33. The Hall–Kier alpha value is -1.26. The molecule has 0 aliphatic heterocycles. The van der Waals surface area contributed by atoms with E-state index < -0.39 is 5.24 Å². The molecular formula is C10H9Cl2NO3. The van der Waals surface area contributed by atoms with E-state index in [4.69, 9.17) is 27.9 Å². The highest BCUT2D eigenvalue weighted by molar-refractivity contribution is 6.68. The number of hydrogen-bond acceptors (Lipinski definition) is 3. The first-order valence-corrected chi connectivity index (χ1v) is 5.06. The molecule has 16 heavy (non-hydrogen) atoms. The standard InChI is InChI=1S/C10H9Cl2NO3/c1-5(14)13-8-4-6(11)3-7(10(12)15)9(8)16-2/h3-4H,1-2H3,(H,13,14). The highest BCUT2D eigenvalue weighted by atomic mass is 35.5. The van der Waals surface area contributed by atoms with E-state index in [9.17, 15) is 9.59 Å². The summed E-state index contributed by atoms with van der Waals surface area (Å²) in [5, 5.41) is 2.08. The average Bonchev–Trinajstić information content (AvgIpc) is 2.15. The molecule has 1 aromatic rings. The van der Waals surface area contributed by atoms with Crippen molar-refractivity contribution >= 4 is 40.0 Å². The fourth-order valence-corrected chi connectivity index (χ4v) is 1.60. The van der Waals surface area contributed by atoms with Crippen molar-refractivity contribution in [2.24, 2.45) is 0 Å². The summed E-state index contributed by atoms with van der Waals surface area (Å²) in [6, 6.07) is 2.85. The summed E-state index contributed by atoms with van der Waals surface area (Å²) in [5.74, 6) is -0.104. The Bertz CT molecular complexity index is 446. The molecule has 0 spiro atoms. The maximum Gasteiger partial charge on any atom is 0.256 e. The quantitative estimate of drug-likeness (QED) is 0.852. The van der Waals surface area contributed by atoms with E-state index in [1.807, 2.05) is 0 Å². The van der Waals surface area contributed by atoms with Gasteiger partial charge in [0.25, 0.3) is 5.24 Å². The molecule has 1 N–H and O–H groups in total. The van der Waals surface area contributed by atoms with Crippen LogP contribution in [-0.4, -0.2) is 18.3 Å². The topological polar surface area (TPSA) is 55.4 Å². The number of amides is 1. The van der Waals surface area contributed by atoms with Gasteiger partial charge >= 0.3 is 0 Å². The molecule has 0 atom stereocenters. The van der Waals surface area contributed by atoms with Gasteiger partial charge in [-0.15, -0.1) is 0 Å². The number of ether oxygens (including phenoxy) is 1. The van der Waals surface area contributed by atoms with Gasteiger partial charge in [-0.25, -0.2) is 0 Å². The summed E-state index contributed by atoms with van der Waals surface area (Å²) in [4.78, 5) is 22.1. The molecule has 0 unspecified atom stereocenters. The Kier molecular flexibility index (Phi) is 4.15. The fraction of sp³-hybridized carbons (Fsp3) is 0.200. The van der Waals surface area contributed by atoms with Gasteiger partial charge in [0.2, 0.25) is 5.91 Å². The number of carbonyl (C=O) groups excluding carboxylic acids is 2. The first-order chi connectivity index (χ1) is 7.45. The zero-order chi connectivity index (χ0) is 12.3. The molecule has 1 aromatic carbocycles. The Balaban J connectivity index is 3.35. The predicted octanol–water partition coefficient (Wildman–Crippen LogP) is 2.69. The Labute approximate surface area is 102 Å². The van der Waals surface area contributed by atoms with Crippen LogP contribution in [0.1, 0.15) is 17.3 Å². The minimum Gasteiger partial charge on any atom is -0.494 e. The number of halogens is 2. The summed E-state index contributed by atoms with van der Waals surface area (Å²) in [6.45, 7) is 1.34. The maximum absolute atomic E-state index is 11.1. The SMILES string of the molecule is COc1c(NC(C)=O)cc(Cl)cc1C(=O)Cl. The van der Waals surface area contributed by atoms with Crippen LogP contribution in [0.3, 0.4) is 0 Å². The molecule has 0 bridgehead atoms. The van der Waals surface area contributed by atoms with E-state index in [1.54, 1.807) is 0 Å². The summed E-state index contributed by atoms with van der Waals surface area (Å²) in [7, 11) is 1.37. The molecule has 4 nitrogen and oxygen atoms in total. The zero-order valence-corrected chi connectivity index (χ0v) is 10.1. The van der Waals surface area contributed by atoms with Crippen LogP contribution in [0.2, 0.25) is 5.02 Å². The van der Waals surface area contributed by atoms with Crippen LogP contribution in [0.4, 0.5) is 5.69 Å². The molecule has 0 radical (unpaired) electrons. The average molecular weight is 262 g/mol. The molecule has 0 saturated heterocycles. The number of anilines is 1. The maximum atomic E-state index is 11.1. The van der Waals surface area contributed by atoms with E-state index in [2.05, 4.69) is 5.32 Å². The lowest BCUT2D eigenvalue weighted by Gasteiger charge is -2.12. The summed E-state index contributed by atoms with van der Waals surface area (Å²) < 4.78 is 5.02. The van der Waals surface area contributed by atoms with Gasteiger partial charge in [0.15, 0.2) is 5.75 Å². The third-order valence-corrected chi connectivity index (χ3v) is 2.20. The number of rotatable bonds is 3. The molecule has 0 aliphatic carbocycles. The Morgan fingerprint density at radius 1 is 1.38 bits per heavy atom. The van der Waals surface area contributed by atoms with Gasteiger partial charge in [0.05, 0.1) is 18.4 Å². The van der Waals surface area contributed by atoms with Crippen molar-refractivity contribution in [3.8, 4) is 5.75 Å². The lowest BCUT2D eigenvalue weighted by Crippen LogP contribution is -2.09. The van der Waals surface area contributed by atoms with Crippen LogP contribution in [0, 0.1) is 0 Å². The molecule has 0 fully saturated rings. The van der Waals surface area contributed by atoms with Crippen molar-refractivity contribution in [2.75, 3.05) is 12.4 Å². The van der Waals surface area contributed by atoms with Gasteiger partial charge in [0, 0.05) is 11.9 Å². The van der Waals surface area contributed by atoms with Crippen molar-refractivity contribution in [3.63, 3.8) is 0 Å². The van der Waals surface area contributed by atoms with Crippen LogP contribution in [0.15, 0.2) is 12.1 Å². The smallest absolute Gasteiger partial charge is 0.256 e. The largest absolute Gasteiger partial charge is 0.494 e. The van der Waals surface area contributed by atoms with Gasteiger partial charge in [-0.2, -0.15) is 0 Å². The van der Waals surface area contributed by atoms with Crippen LogP contribution >= 0.6 is 23.2 Å². The van der Waals surface area contributed by atoms with Crippen LogP contribution in [0.25, 0.3) is 0 Å². The molecule has 1 rings (SSSR count). The lowest BCUT2D eigenvalue weighted by atomic mass is 10.2. The number of carbonyl (C=O) groups is 2. The van der Waals surface area contributed by atoms with Crippen molar-refractivity contribution < 1.29 is 14.3 Å². The number of benzene rings is 1. The highest BCUT2D eigenvalue weighted by Gasteiger charge is 2.16. The van der Waals surface area contributed by atoms with Gasteiger partial charge in [0.1, 0.15) is 0 Å². The Morgan fingerprint density at radius 2 is 2.00 bits per heavy atom. The van der Waals surface area contributed by atoms with Gasteiger partial charge < -0.3 is 10.1 Å². The molecule has 86 valence electrons. The second kappa shape index (κ2) is 5.18. The second-order valence-electron chi connectivity index (χ2n) is 2.99. The van der Waals surface area contributed by atoms with Crippen molar-refractivity contribution in [1.29, 1.82) is 0 Å². The number of hydrogen-bond donors (Lipinski definition) is 1. The van der Waals surface area contributed by atoms with Crippen LogP contribution < -0.4 is 10.1 Å². The van der Waals surface area contributed by atoms with Gasteiger partial charge in [-0.3, -0.25) is 9.59 Å². The molecular weight excluding hydrogens is 253 g/mol. The first kappa shape index (κ1) is 12.8. The van der Waals surface area contributed by atoms with Crippen LogP contribution in [-0.2, 0) is 4.79 Å². The van der Waals surface area contributed by atoms with E-state index >= 15 is 0 Å². The van der Waals surface area contributed by atoms with Crippen molar-refractivity contribution in [1.82, 2.24) is 0 Å². The fourth-order valence-electron chi connectivity index (χ4n) is 1.24. The van der Waals surface area contributed by atoms with E-state index in [-0.39, 0.29) is 22.2 Å². The lowest BCUT2D eigenvalue weighted by molar-refractivity contribution is -0.114. The molecule has 0 saturated carbocycles. The second-order valence-corrected chi connectivity index (χ2v) is 3.77. The minimum absolute atomic E-state index is 0.111. The normalized spacial score (nSPS) is 9.75. The predicted molar refractivity (Wildman–Crippen MR) is 62.5 cm³/mol. The third kappa shape index (κ3) is 2.87. The summed E-state index contributed by atoms with van der Waals surface area (Å²) in [6.07, 6.45) is 0. The molecule has 0 aliphatic rings. The van der Waals surface area contributed by atoms with E-state index in [0.717, 1.165) is 0 Å².